The third-order valence-electron chi connectivity index (χ3n) is 5.92. The molecule has 9 nitrogen and oxygen atoms in total. The van der Waals surface area contributed by atoms with E-state index < -0.39 is 97.5 Å². The second-order valence-electron chi connectivity index (χ2n) is 9.18. The van der Waals surface area contributed by atoms with E-state index in [4.69, 9.17) is 4.18 Å². The van der Waals surface area contributed by atoms with Crippen molar-refractivity contribution in [2.75, 3.05) is 0 Å². The first kappa shape index (κ1) is 36.3. The summed E-state index contributed by atoms with van der Waals surface area (Å²) in [5.74, 6) is -4.61. The van der Waals surface area contributed by atoms with Gasteiger partial charge in [-0.3, -0.25) is 0 Å². The Morgan fingerprint density at radius 1 is 0.375 bits per heavy atom. The van der Waals surface area contributed by atoms with Gasteiger partial charge >= 0.3 is 48.9 Å². The highest BCUT2D eigenvalue weighted by molar-refractivity contribution is 7.88. The zero-order valence-corrected chi connectivity index (χ0v) is 25.4. The molecule has 21 heteroatoms. The maximum Gasteiger partial charge on any atom is 0.417 e. The summed E-state index contributed by atoms with van der Waals surface area (Å²) in [6, 6.07) is 8.69. The van der Waals surface area contributed by atoms with E-state index in [0.717, 1.165) is 36.4 Å². The number of halogens is 9. The molecule has 0 atom stereocenters. The van der Waals surface area contributed by atoms with E-state index in [1.54, 1.807) is 0 Å². The van der Waals surface area contributed by atoms with Crippen molar-refractivity contribution in [2.45, 2.75) is 33.2 Å². The lowest BCUT2D eigenvalue weighted by Crippen LogP contribution is -2.20. The average Bonchev–Trinajstić information content (AvgIpc) is 2.97. The Hall–Kier alpha value is -4.50. The fraction of sp³-hybridized carbons (Fsp3) is 0.111. The van der Waals surface area contributed by atoms with Crippen LogP contribution in [0.3, 0.4) is 0 Å². The molecule has 0 amide bonds. The van der Waals surface area contributed by atoms with E-state index in [0.29, 0.717) is 54.6 Å². The van der Waals surface area contributed by atoms with E-state index >= 15 is 0 Å². The van der Waals surface area contributed by atoms with Gasteiger partial charge in [0.15, 0.2) is 11.5 Å². The summed E-state index contributed by atoms with van der Waals surface area (Å²) < 4.78 is 215. The van der Waals surface area contributed by atoms with Crippen molar-refractivity contribution in [1.82, 2.24) is 0 Å². The summed E-state index contributed by atoms with van der Waals surface area (Å²) in [6.07, 6.45) is -16.0. The molecule has 0 saturated heterocycles. The molecule has 0 aliphatic heterocycles. The Balaban J connectivity index is 1.94. The molecule has 0 aliphatic carbocycles. The largest absolute Gasteiger partial charge is 0.417 e. The normalized spacial score (nSPS) is 13.2. The molecule has 0 aliphatic rings. The Kier molecular flexibility index (Phi) is 9.47. The van der Waals surface area contributed by atoms with Gasteiger partial charge in [0, 0.05) is 0 Å². The van der Waals surface area contributed by atoms with Crippen LogP contribution in [0.4, 0.5) is 39.5 Å². The van der Waals surface area contributed by atoms with Crippen LogP contribution in [0.1, 0.15) is 16.7 Å². The summed E-state index contributed by atoms with van der Waals surface area (Å²) >= 11 is 0. The number of para-hydroxylation sites is 1. The third-order valence-corrected chi connectivity index (χ3v) is 9.79. The molecule has 4 rings (SSSR count). The molecular formula is C27H15F9O9S3. The number of hydrogen-bond donors (Lipinski definition) is 0. The van der Waals surface area contributed by atoms with Crippen molar-refractivity contribution in [3.8, 4) is 17.2 Å². The van der Waals surface area contributed by atoms with E-state index in [9.17, 15) is 64.8 Å². The summed E-state index contributed by atoms with van der Waals surface area (Å²) in [5.41, 5.74) is -5.39. The fourth-order valence-electron chi connectivity index (χ4n) is 3.95. The fourth-order valence-corrected chi connectivity index (χ4v) is 7.43. The molecule has 258 valence electrons. The minimum absolute atomic E-state index is 0.299. The molecule has 4 aromatic carbocycles. The zero-order valence-electron chi connectivity index (χ0n) is 23.0. The van der Waals surface area contributed by atoms with Gasteiger partial charge in [-0.15, -0.1) is 0 Å². The van der Waals surface area contributed by atoms with Gasteiger partial charge in [0.1, 0.15) is 14.7 Å². The van der Waals surface area contributed by atoms with Gasteiger partial charge in [-0.25, -0.2) is 0 Å². The van der Waals surface area contributed by atoms with Crippen molar-refractivity contribution in [1.29, 1.82) is 0 Å². The van der Waals surface area contributed by atoms with Crippen molar-refractivity contribution in [3.05, 3.63) is 108 Å². The zero-order chi connectivity index (χ0) is 35.9. The van der Waals surface area contributed by atoms with Crippen LogP contribution in [0.25, 0.3) is 0 Å². The standard InChI is InChI=1S/C27H15F9O9S3/c28-25(29,30)16-8-1-4-13-21(16)46(37,38)43-19-11-7-12-20(44-47(39,40)22-14-5-2-9-17(22)26(31,32)33)24(19)45-48(41,42)23-15-6-3-10-18(23)27(34,35)36/h1-15H. The molecule has 0 bridgehead atoms. The van der Waals surface area contributed by atoms with Crippen LogP contribution < -0.4 is 12.5 Å². The van der Waals surface area contributed by atoms with Crippen molar-refractivity contribution < 1.29 is 77.3 Å². The Morgan fingerprint density at radius 2 is 0.646 bits per heavy atom. The Bertz CT molecular complexity index is 2070. The van der Waals surface area contributed by atoms with Crippen LogP contribution in [0.5, 0.6) is 17.2 Å². The van der Waals surface area contributed by atoms with Crippen LogP contribution in [-0.2, 0) is 48.9 Å². The minimum Gasteiger partial charge on any atom is -0.375 e. The van der Waals surface area contributed by atoms with Gasteiger partial charge in [0.2, 0.25) is 5.75 Å². The topological polar surface area (TPSA) is 130 Å². The van der Waals surface area contributed by atoms with Gasteiger partial charge in [0.25, 0.3) is 0 Å². The Morgan fingerprint density at radius 3 is 0.938 bits per heavy atom. The van der Waals surface area contributed by atoms with E-state index in [2.05, 4.69) is 8.37 Å². The van der Waals surface area contributed by atoms with Gasteiger partial charge in [-0.2, -0.15) is 64.8 Å². The molecule has 0 fully saturated rings. The second kappa shape index (κ2) is 12.5. The first-order chi connectivity index (χ1) is 22.0. The molecule has 0 N–H and O–H groups in total. The molecule has 0 aromatic heterocycles. The summed E-state index contributed by atoms with van der Waals surface area (Å²) in [4.78, 5) is -4.72. The lowest BCUT2D eigenvalue weighted by Gasteiger charge is -2.19. The molecule has 0 spiro atoms. The first-order valence-electron chi connectivity index (χ1n) is 12.4. The molecule has 48 heavy (non-hydrogen) atoms. The molecule has 4 aromatic rings. The van der Waals surface area contributed by atoms with Crippen molar-refractivity contribution >= 4 is 30.4 Å². The SMILES string of the molecule is O=S(=O)(Oc1cccc(OS(=O)(=O)c2ccccc2C(F)(F)F)c1OS(=O)(=O)c1ccccc1C(F)(F)F)c1ccccc1C(F)(F)F. The highest BCUT2D eigenvalue weighted by Crippen LogP contribution is 2.45. The lowest BCUT2D eigenvalue weighted by molar-refractivity contribution is -0.140. The molecule has 0 radical (unpaired) electrons. The third kappa shape index (κ3) is 7.79. The predicted molar refractivity (Wildman–Crippen MR) is 144 cm³/mol. The Labute approximate surface area is 265 Å². The van der Waals surface area contributed by atoms with E-state index in [1.807, 2.05) is 0 Å². The highest BCUT2D eigenvalue weighted by Gasteiger charge is 2.42. The van der Waals surface area contributed by atoms with Crippen LogP contribution in [0, 0.1) is 0 Å². The van der Waals surface area contributed by atoms with Crippen molar-refractivity contribution in [2.24, 2.45) is 0 Å². The first-order valence-corrected chi connectivity index (χ1v) is 16.6. The number of hydrogen-bond acceptors (Lipinski definition) is 9. The van der Waals surface area contributed by atoms with Crippen molar-refractivity contribution in [3.63, 3.8) is 0 Å². The smallest absolute Gasteiger partial charge is 0.375 e. The monoisotopic (exact) mass is 750 g/mol. The van der Waals surface area contributed by atoms with E-state index in [1.165, 1.54) is 0 Å². The number of benzene rings is 4. The molecule has 0 unspecified atom stereocenters. The van der Waals surface area contributed by atoms with Crippen LogP contribution in [0.15, 0.2) is 106 Å². The van der Waals surface area contributed by atoms with Gasteiger partial charge < -0.3 is 12.5 Å². The number of rotatable bonds is 9. The molecular weight excluding hydrogens is 735 g/mol. The van der Waals surface area contributed by atoms with Gasteiger partial charge in [0.05, 0.1) is 16.7 Å². The highest BCUT2D eigenvalue weighted by atomic mass is 32.2. The predicted octanol–water partition coefficient (Wildman–Crippen LogP) is 7.05. The number of alkyl halides is 9. The summed E-state index contributed by atoms with van der Waals surface area (Å²) in [7, 11) is -17.1. The molecule has 0 heterocycles. The summed E-state index contributed by atoms with van der Waals surface area (Å²) in [5, 5.41) is 0. The maximum atomic E-state index is 13.7. The van der Waals surface area contributed by atoms with Gasteiger partial charge in [-0.05, 0) is 48.5 Å². The quantitative estimate of drug-likeness (QED) is 0.131. The second-order valence-corrected chi connectivity index (χ2v) is 13.7. The average molecular weight is 751 g/mol. The maximum absolute atomic E-state index is 13.7. The van der Waals surface area contributed by atoms with Gasteiger partial charge in [-0.1, -0.05) is 42.5 Å². The molecule has 0 saturated carbocycles. The van der Waals surface area contributed by atoms with E-state index in [-0.39, 0.29) is 0 Å². The summed E-state index contributed by atoms with van der Waals surface area (Å²) in [6.45, 7) is 0. The van der Waals surface area contributed by atoms with Crippen LogP contribution in [0.2, 0.25) is 0 Å². The van der Waals surface area contributed by atoms with Crippen LogP contribution in [-0.4, -0.2) is 25.3 Å². The van der Waals surface area contributed by atoms with Crippen LogP contribution >= 0.6 is 0 Å². The lowest BCUT2D eigenvalue weighted by atomic mass is 10.2. The minimum atomic E-state index is -5.81.